The molecule has 7 heteroatoms. The number of amides is 2. The van der Waals surface area contributed by atoms with E-state index in [1.807, 2.05) is 30.3 Å². The summed E-state index contributed by atoms with van der Waals surface area (Å²) in [6.45, 7) is 0.515. The molecule has 0 saturated carbocycles. The summed E-state index contributed by atoms with van der Waals surface area (Å²) in [7, 11) is 1.55. The van der Waals surface area contributed by atoms with E-state index in [0.717, 1.165) is 19.3 Å². The highest BCUT2D eigenvalue weighted by Crippen LogP contribution is 2.45. The lowest BCUT2D eigenvalue weighted by Crippen LogP contribution is -2.29. The number of hydrogen-bond acceptors (Lipinski definition) is 4. The number of nitrogens with one attached hydrogen (secondary N) is 1. The smallest absolute Gasteiger partial charge is 0.251 e. The van der Waals surface area contributed by atoms with Crippen molar-refractivity contribution in [1.29, 1.82) is 0 Å². The molecule has 1 saturated heterocycles. The van der Waals surface area contributed by atoms with Crippen molar-refractivity contribution in [2.45, 2.75) is 24.6 Å². The molecular formula is C27H27FN2O3S. The molecule has 1 atom stereocenters. The normalized spacial score (nSPS) is 15.4. The molecule has 0 aromatic heterocycles. The SMILES string of the molecule is COc1ccccc1N1C(=O)CSC1c1cc(F)cc(C(=O)NCCCCc2ccccc2)c1. The van der Waals surface area contributed by atoms with Gasteiger partial charge in [0.1, 0.15) is 16.9 Å². The minimum atomic E-state index is -0.508. The van der Waals surface area contributed by atoms with Crippen LogP contribution in [0.2, 0.25) is 0 Å². The monoisotopic (exact) mass is 478 g/mol. The number of methoxy groups -OCH3 is 1. The minimum absolute atomic E-state index is 0.0896. The van der Waals surface area contributed by atoms with Crippen LogP contribution in [0.25, 0.3) is 0 Å². The lowest BCUT2D eigenvalue weighted by atomic mass is 10.1. The molecule has 0 spiro atoms. The Morgan fingerprint density at radius 3 is 2.65 bits per heavy atom. The van der Waals surface area contributed by atoms with E-state index in [0.29, 0.717) is 23.5 Å². The molecule has 2 amide bonds. The van der Waals surface area contributed by atoms with Crippen LogP contribution in [0.4, 0.5) is 10.1 Å². The number of aryl methyl sites for hydroxylation is 1. The van der Waals surface area contributed by atoms with Crippen LogP contribution in [0.1, 0.15) is 39.7 Å². The van der Waals surface area contributed by atoms with E-state index >= 15 is 0 Å². The molecule has 4 rings (SSSR count). The first-order chi connectivity index (χ1) is 16.6. The van der Waals surface area contributed by atoms with Crippen LogP contribution in [0.3, 0.4) is 0 Å². The Morgan fingerprint density at radius 2 is 1.85 bits per heavy atom. The molecule has 1 N–H and O–H groups in total. The second-order valence-corrected chi connectivity index (χ2v) is 9.14. The Bertz CT molecular complexity index is 1160. The molecule has 5 nitrogen and oxygen atoms in total. The zero-order valence-corrected chi connectivity index (χ0v) is 19.8. The van der Waals surface area contributed by atoms with E-state index in [9.17, 15) is 14.0 Å². The number of rotatable bonds is 9. The Labute approximate surface area is 203 Å². The van der Waals surface area contributed by atoms with Crippen molar-refractivity contribution < 1.29 is 18.7 Å². The van der Waals surface area contributed by atoms with Gasteiger partial charge in [-0.15, -0.1) is 11.8 Å². The van der Waals surface area contributed by atoms with Crippen LogP contribution < -0.4 is 15.0 Å². The first-order valence-corrected chi connectivity index (χ1v) is 12.3. The summed E-state index contributed by atoms with van der Waals surface area (Å²) in [5.74, 6) is -0.0889. The number of carbonyl (C=O) groups is 2. The maximum atomic E-state index is 14.5. The molecule has 0 aliphatic carbocycles. The number of thioether (sulfide) groups is 1. The van der Waals surface area contributed by atoms with Gasteiger partial charge in [-0.1, -0.05) is 42.5 Å². The number of para-hydroxylation sites is 2. The minimum Gasteiger partial charge on any atom is -0.495 e. The van der Waals surface area contributed by atoms with Gasteiger partial charge in [0.05, 0.1) is 18.6 Å². The van der Waals surface area contributed by atoms with Crippen LogP contribution in [0.5, 0.6) is 5.75 Å². The van der Waals surface area contributed by atoms with Crippen molar-refractivity contribution in [3.05, 3.63) is 95.3 Å². The highest BCUT2D eigenvalue weighted by molar-refractivity contribution is 8.00. The Balaban J connectivity index is 1.43. The summed E-state index contributed by atoms with van der Waals surface area (Å²) in [6.07, 6.45) is 2.73. The number of anilines is 1. The van der Waals surface area contributed by atoms with Gasteiger partial charge in [0.2, 0.25) is 5.91 Å². The van der Waals surface area contributed by atoms with Gasteiger partial charge in [-0.3, -0.25) is 14.5 Å². The van der Waals surface area contributed by atoms with Crippen LogP contribution in [-0.4, -0.2) is 31.2 Å². The standard InChI is InChI=1S/C27H27FN2O3S/c1-33-24-13-6-5-12-23(24)30-25(31)18-34-27(30)21-15-20(16-22(28)17-21)26(32)29-14-8-7-11-19-9-3-2-4-10-19/h2-6,9-10,12-13,15-17,27H,7-8,11,14,18H2,1H3,(H,29,32). The third-order valence-corrected chi connectivity index (χ3v) is 6.91. The quantitative estimate of drug-likeness (QED) is 0.421. The van der Waals surface area contributed by atoms with Crippen LogP contribution in [0.15, 0.2) is 72.8 Å². The lowest BCUT2D eigenvalue weighted by Gasteiger charge is -2.26. The van der Waals surface area contributed by atoms with E-state index in [2.05, 4.69) is 17.4 Å². The fraction of sp³-hybridized carbons (Fsp3) is 0.259. The number of halogens is 1. The van der Waals surface area contributed by atoms with E-state index in [4.69, 9.17) is 4.74 Å². The van der Waals surface area contributed by atoms with Gasteiger partial charge in [-0.05, 0) is 60.7 Å². The third-order valence-electron chi connectivity index (χ3n) is 5.70. The molecule has 1 heterocycles. The zero-order chi connectivity index (χ0) is 23.9. The van der Waals surface area contributed by atoms with Crippen molar-refractivity contribution in [2.24, 2.45) is 0 Å². The molecule has 3 aromatic carbocycles. The average Bonchev–Trinajstić information content (AvgIpc) is 3.25. The molecule has 3 aromatic rings. The van der Waals surface area contributed by atoms with Gasteiger partial charge in [0.15, 0.2) is 0 Å². The van der Waals surface area contributed by atoms with Crippen LogP contribution in [-0.2, 0) is 11.2 Å². The Kier molecular flexibility index (Phi) is 7.85. The van der Waals surface area contributed by atoms with E-state index in [1.165, 1.54) is 29.5 Å². The summed E-state index contributed by atoms with van der Waals surface area (Å²) in [4.78, 5) is 27.1. The van der Waals surface area contributed by atoms with Gasteiger partial charge < -0.3 is 10.1 Å². The van der Waals surface area contributed by atoms with Crippen molar-refractivity contribution in [2.75, 3.05) is 24.3 Å². The molecule has 1 aliphatic heterocycles. The lowest BCUT2D eigenvalue weighted by molar-refractivity contribution is -0.115. The summed E-state index contributed by atoms with van der Waals surface area (Å²) in [6, 6.07) is 21.7. The predicted molar refractivity (Wildman–Crippen MR) is 134 cm³/mol. The maximum Gasteiger partial charge on any atom is 0.251 e. The molecule has 1 unspecified atom stereocenters. The van der Waals surface area contributed by atoms with E-state index in [-0.39, 0.29) is 23.1 Å². The van der Waals surface area contributed by atoms with Crippen molar-refractivity contribution >= 4 is 29.3 Å². The molecule has 0 bridgehead atoms. The second-order valence-electron chi connectivity index (χ2n) is 8.07. The van der Waals surface area contributed by atoms with E-state index < -0.39 is 11.2 Å². The second kappa shape index (κ2) is 11.2. The van der Waals surface area contributed by atoms with Crippen molar-refractivity contribution in [3.8, 4) is 5.75 Å². The molecule has 1 fully saturated rings. The fourth-order valence-electron chi connectivity index (χ4n) is 4.05. The number of hydrogen-bond donors (Lipinski definition) is 1. The molecule has 34 heavy (non-hydrogen) atoms. The number of unbranched alkanes of at least 4 members (excludes halogenated alkanes) is 1. The summed E-state index contributed by atoms with van der Waals surface area (Å²) in [5, 5.41) is 2.44. The summed E-state index contributed by atoms with van der Waals surface area (Å²) in [5.41, 5.74) is 2.71. The Hall–Kier alpha value is -3.32. The van der Waals surface area contributed by atoms with Gasteiger partial charge >= 0.3 is 0 Å². The average molecular weight is 479 g/mol. The largest absolute Gasteiger partial charge is 0.495 e. The third kappa shape index (κ3) is 5.59. The summed E-state index contributed by atoms with van der Waals surface area (Å²) < 4.78 is 20.0. The van der Waals surface area contributed by atoms with E-state index in [1.54, 1.807) is 30.2 Å². The van der Waals surface area contributed by atoms with Crippen molar-refractivity contribution in [3.63, 3.8) is 0 Å². The zero-order valence-electron chi connectivity index (χ0n) is 19.0. The number of nitrogens with zero attached hydrogens (tertiary/aromatic N) is 1. The number of ether oxygens (including phenoxy) is 1. The highest BCUT2D eigenvalue weighted by Gasteiger charge is 2.36. The summed E-state index contributed by atoms with van der Waals surface area (Å²) >= 11 is 1.40. The first kappa shape index (κ1) is 23.8. The van der Waals surface area contributed by atoms with Crippen LogP contribution in [0, 0.1) is 5.82 Å². The van der Waals surface area contributed by atoms with Gasteiger partial charge in [0, 0.05) is 12.1 Å². The maximum absolute atomic E-state index is 14.5. The molecule has 176 valence electrons. The number of benzene rings is 3. The van der Waals surface area contributed by atoms with Gasteiger partial charge in [0.25, 0.3) is 5.91 Å². The molecule has 1 aliphatic rings. The topological polar surface area (TPSA) is 58.6 Å². The van der Waals surface area contributed by atoms with Crippen molar-refractivity contribution in [1.82, 2.24) is 5.32 Å². The van der Waals surface area contributed by atoms with Gasteiger partial charge in [-0.2, -0.15) is 0 Å². The van der Waals surface area contributed by atoms with Crippen LogP contribution >= 0.6 is 11.8 Å². The molecular weight excluding hydrogens is 451 g/mol. The Morgan fingerprint density at radius 1 is 1.09 bits per heavy atom. The predicted octanol–water partition coefficient (Wildman–Crippen LogP) is 5.37. The van der Waals surface area contributed by atoms with Gasteiger partial charge in [-0.25, -0.2) is 4.39 Å². The highest BCUT2D eigenvalue weighted by atomic mass is 32.2. The molecule has 0 radical (unpaired) electrons. The fourth-order valence-corrected chi connectivity index (χ4v) is 5.20. The number of carbonyl (C=O) groups excluding carboxylic acids is 2. The first-order valence-electron chi connectivity index (χ1n) is 11.3.